The fourth-order valence-corrected chi connectivity index (χ4v) is 4.59. The van der Waals surface area contributed by atoms with Crippen LogP contribution in [0.25, 0.3) is 11.2 Å². The third kappa shape index (κ3) is 4.60. The zero-order chi connectivity index (χ0) is 26.9. The van der Waals surface area contributed by atoms with Gasteiger partial charge in [0, 0.05) is 18.8 Å². The molecule has 2 amide bonds. The van der Waals surface area contributed by atoms with E-state index in [0.717, 1.165) is 5.56 Å². The van der Waals surface area contributed by atoms with E-state index in [1.54, 1.807) is 4.57 Å². The molecule has 2 aliphatic heterocycles. The molecule has 2 saturated heterocycles. The molecule has 0 aliphatic carbocycles. The average molecular weight is 534 g/mol. The molecule has 0 spiro atoms. The van der Waals surface area contributed by atoms with Crippen molar-refractivity contribution < 1.29 is 33.6 Å². The Morgan fingerprint density at radius 3 is 2.64 bits per heavy atom. The topological polar surface area (TPSA) is 172 Å². The lowest BCUT2D eigenvalue weighted by molar-refractivity contribution is -0.152. The second kappa shape index (κ2) is 10.2. The lowest BCUT2D eigenvalue weighted by atomic mass is 10.1. The number of aromatic carboxylic acids is 1. The number of aromatic nitrogens is 5. The lowest BCUT2D eigenvalue weighted by Crippen LogP contribution is -2.33. The molecule has 2 fully saturated rings. The van der Waals surface area contributed by atoms with Crippen LogP contribution in [-0.2, 0) is 14.2 Å². The highest BCUT2D eigenvalue weighted by Gasteiger charge is 2.54. The Bertz CT molecular complexity index is 1520. The Hall–Kier alpha value is -4.66. The fraction of sp³-hybridized carbons (Fsp3) is 0.280. The molecule has 14 nitrogen and oxygen atoms in total. The molecule has 0 bridgehead atoms. The van der Waals surface area contributed by atoms with E-state index in [1.165, 1.54) is 38.0 Å². The Morgan fingerprint density at radius 1 is 1.03 bits per heavy atom. The third-order valence-corrected chi connectivity index (χ3v) is 6.40. The second-order valence-electron chi connectivity index (χ2n) is 8.73. The van der Waals surface area contributed by atoms with Crippen LogP contribution in [0.4, 0.5) is 10.6 Å². The number of anilines is 1. The van der Waals surface area contributed by atoms with Crippen molar-refractivity contribution in [1.29, 1.82) is 0 Å². The van der Waals surface area contributed by atoms with E-state index in [-0.39, 0.29) is 23.9 Å². The maximum atomic E-state index is 11.9. The standard InChI is InChI=1S/C25H23N7O7/c1-26-25(35)31-19-16-20(29-11-28-19)32(12-30-16)22-18-17(38-24(39-18)13-6-3-2-4-7-13)15(37-22)10-36-21-14(23(33)34)8-5-9-27-21/h2-9,11-12,15,17-18,22,24H,10H2,1H3,(H,33,34)(H2,26,28,29,31,35)/t15?,17?,18?,22?,24-/m0/s1. The first-order valence-electron chi connectivity index (χ1n) is 12.0. The number of urea groups is 1. The van der Waals surface area contributed by atoms with Crippen LogP contribution < -0.4 is 15.4 Å². The largest absolute Gasteiger partial charge is 0.477 e. The molecule has 5 atom stereocenters. The maximum Gasteiger partial charge on any atom is 0.341 e. The van der Waals surface area contributed by atoms with Gasteiger partial charge in [-0.1, -0.05) is 30.3 Å². The summed E-state index contributed by atoms with van der Waals surface area (Å²) in [6, 6.07) is 12.0. The highest BCUT2D eigenvalue weighted by molar-refractivity contribution is 5.95. The Labute approximate surface area is 220 Å². The van der Waals surface area contributed by atoms with Crippen molar-refractivity contribution in [3.63, 3.8) is 0 Å². The minimum Gasteiger partial charge on any atom is -0.477 e. The SMILES string of the molecule is CNC(=O)Nc1ncnc2c1ncn2C1OC(COc2ncccc2C(=O)O)C2O[C@H](c3ccccc3)OC21. The van der Waals surface area contributed by atoms with E-state index in [1.807, 2.05) is 30.3 Å². The molecule has 200 valence electrons. The fourth-order valence-electron chi connectivity index (χ4n) is 4.59. The van der Waals surface area contributed by atoms with Crippen molar-refractivity contribution in [2.75, 3.05) is 19.0 Å². The first kappa shape index (κ1) is 24.7. The predicted molar refractivity (Wildman–Crippen MR) is 133 cm³/mol. The van der Waals surface area contributed by atoms with Gasteiger partial charge < -0.3 is 29.4 Å². The summed E-state index contributed by atoms with van der Waals surface area (Å²) in [7, 11) is 1.49. The van der Waals surface area contributed by atoms with Crippen molar-refractivity contribution in [1.82, 2.24) is 29.8 Å². The van der Waals surface area contributed by atoms with Gasteiger partial charge in [0.1, 0.15) is 36.8 Å². The van der Waals surface area contributed by atoms with Crippen molar-refractivity contribution >= 4 is 29.0 Å². The second-order valence-corrected chi connectivity index (χ2v) is 8.73. The molecule has 5 heterocycles. The van der Waals surface area contributed by atoms with E-state index < -0.39 is 42.8 Å². The average Bonchev–Trinajstić information content (AvgIpc) is 3.67. The molecule has 3 aromatic heterocycles. The van der Waals surface area contributed by atoms with Crippen LogP contribution >= 0.6 is 0 Å². The number of benzene rings is 1. The minimum absolute atomic E-state index is 0.0298. The molecule has 2 aliphatic rings. The number of ether oxygens (including phenoxy) is 4. The van der Waals surface area contributed by atoms with Crippen molar-refractivity contribution in [2.24, 2.45) is 0 Å². The van der Waals surface area contributed by atoms with Crippen LogP contribution in [0.5, 0.6) is 5.88 Å². The number of rotatable bonds is 7. The molecule has 4 aromatic rings. The Kier molecular flexibility index (Phi) is 6.48. The number of carbonyl (C=O) groups excluding carboxylic acids is 1. The first-order valence-corrected chi connectivity index (χ1v) is 12.0. The maximum absolute atomic E-state index is 11.9. The quantitative estimate of drug-likeness (QED) is 0.318. The third-order valence-electron chi connectivity index (χ3n) is 6.40. The zero-order valence-corrected chi connectivity index (χ0v) is 20.5. The van der Waals surface area contributed by atoms with E-state index in [9.17, 15) is 14.7 Å². The van der Waals surface area contributed by atoms with Crippen molar-refractivity contribution in [3.8, 4) is 5.88 Å². The number of carboxylic acid groups (broad SMARTS) is 1. The normalized spacial score (nSPS) is 23.9. The summed E-state index contributed by atoms with van der Waals surface area (Å²) in [5.41, 5.74) is 1.53. The van der Waals surface area contributed by atoms with Gasteiger partial charge in [-0.15, -0.1) is 0 Å². The first-order chi connectivity index (χ1) is 19.0. The molecule has 0 radical (unpaired) electrons. The minimum atomic E-state index is -1.16. The summed E-state index contributed by atoms with van der Waals surface area (Å²) in [4.78, 5) is 40.4. The predicted octanol–water partition coefficient (Wildman–Crippen LogP) is 2.13. The summed E-state index contributed by atoms with van der Waals surface area (Å²) < 4.78 is 26.4. The van der Waals surface area contributed by atoms with Crippen molar-refractivity contribution in [3.05, 3.63) is 72.4 Å². The molecule has 6 rings (SSSR count). The van der Waals surface area contributed by atoms with Crippen LogP contribution in [0.3, 0.4) is 0 Å². The number of pyridine rings is 1. The number of hydrogen-bond donors (Lipinski definition) is 3. The van der Waals surface area contributed by atoms with Crippen molar-refractivity contribution in [2.45, 2.75) is 30.8 Å². The monoisotopic (exact) mass is 533 g/mol. The highest BCUT2D eigenvalue weighted by Crippen LogP contribution is 2.45. The summed E-state index contributed by atoms with van der Waals surface area (Å²) in [6.07, 6.45) is 1.09. The molecule has 39 heavy (non-hydrogen) atoms. The number of fused-ring (bicyclic) bond motifs is 2. The van der Waals surface area contributed by atoms with Gasteiger partial charge in [-0.05, 0) is 12.1 Å². The van der Waals surface area contributed by atoms with Gasteiger partial charge in [-0.25, -0.2) is 29.5 Å². The molecule has 4 unspecified atom stereocenters. The smallest absolute Gasteiger partial charge is 0.341 e. The van der Waals surface area contributed by atoms with Gasteiger partial charge in [-0.2, -0.15) is 0 Å². The zero-order valence-electron chi connectivity index (χ0n) is 20.5. The molecule has 14 heteroatoms. The van der Waals surface area contributed by atoms with E-state index in [0.29, 0.717) is 11.2 Å². The Morgan fingerprint density at radius 2 is 1.85 bits per heavy atom. The molecule has 3 N–H and O–H groups in total. The number of carbonyl (C=O) groups is 2. The highest BCUT2D eigenvalue weighted by atomic mass is 16.8. The summed E-state index contributed by atoms with van der Waals surface area (Å²) >= 11 is 0. The number of carboxylic acids is 1. The number of imidazole rings is 1. The van der Waals surface area contributed by atoms with Gasteiger partial charge in [0.2, 0.25) is 5.88 Å². The molecular weight excluding hydrogens is 510 g/mol. The van der Waals surface area contributed by atoms with Crippen LogP contribution in [0.1, 0.15) is 28.4 Å². The molecule has 1 aromatic carbocycles. The van der Waals surface area contributed by atoms with Gasteiger partial charge in [-0.3, -0.25) is 9.88 Å². The lowest BCUT2D eigenvalue weighted by Gasteiger charge is -2.21. The number of nitrogens with one attached hydrogen (secondary N) is 2. The van der Waals surface area contributed by atoms with Crippen LogP contribution in [0.15, 0.2) is 61.3 Å². The van der Waals surface area contributed by atoms with Gasteiger partial charge in [0.05, 0.1) is 6.33 Å². The van der Waals surface area contributed by atoms with Crippen LogP contribution in [0, 0.1) is 0 Å². The van der Waals surface area contributed by atoms with Crippen LogP contribution in [0.2, 0.25) is 0 Å². The summed E-state index contributed by atoms with van der Waals surface area (Å²) in [5.74, 6) is -0.955. The summed E-state index contributed by atoms with van der Waals surface area (Å²) in [6.45, 7) is -0.0507. The van der Waals surface area contributed by atoms with Gasteiger partial charge in [0.25, 0.3) is 0 Å². The number of hydrogen-bond acceptors (Lipinski definition) is 10. The van der Waals surface area contributed by atoms with E-state index >= 15 is 0 Å². The Balaban J connectivity index is 1.31. The summed E-state index contributed by atoms with van der Waals surface area (Å²) in [5, 5.41) is 14.6. The van der Waals surface area contributed by atoms with Gasteiger partial charge >= 0.3 is 12.0 Å². The number of amides is 2. The van der Waals surface area contributed by atoms with E-state index in [2.05, 4.69) is 30.6 Å². The molecule has 0 saturated carbocycles. The number of nitrogens with zero attached hydrogens (tertiary/aromatic N) is 5. The van der Waals surface area contributed by atoms with Crippen LogP contribution in [-0.4, -0.2) is 73.6 Å². The van der Waals surface area contributed by atoms with E-state index in [4.69, 9.17) is 18.9 Å². The van der Waals surface area contributed by atoms with Gasteiger partial charge in [0.15, 0.2) is 29.5 Å². The molecular formula is C25H23N7O7.